The van der Waals surface area contributed by atoms with Crippen molar-refractivity contribution in [3.8, 4) is 6.07 Å². The number of nitriles is 1. The fourth-order valence-electron chi connectivity index (χ4n) is 2.69. The highest BCUT2D eigenvalue weighted by Crippen LogP contribution is 2.37. The maximum absolute atomic E-state index is 11.0. The second kappa shape index (κ2) is 5.50. The van der Waals surface area contributed by atoms with E-state index in [4.69, 9.17) is 22.0 Å². The Bertz CT molecular complexity index is 531. The topological polar surface area (TPSA) is 73.1 Å². The number of halogens is 1. The molecule has 0 aromatic heterocycles. The van der Waals surface area contributed by atoms with Crippen LogP contribution in [0.15, 0.2) is 18.2 Å². The van der Waals surface area contributed by atoms with Crippen LogP contribution in [0, 0.1) is 11.3 Å². The Balaban J connectivity index is 2.29. The van der Waals surface area contributed by atoms with Gasteiger partial charge in [-0.15, -0.1) is 0 Å². The molecule has 100 valence electrons. The largest absolute Gasteiger partial charge is 0.481 e. The molecule has 0 spiro atoms. The summed E-state index contributed by atoms with van der Waals surface area (Å²) >= 11 is 5.94. The molecule has 0 heterocycles. The monoisotopic (exact) mass is 278 g/mol. The predicted octanol–water partition coefficient (Wildman–Crippen LogP) is 3.41. The van der Waals surface area contributed by atoms with Gasteiger partial charge in [-0.1, -0.05) is 24.4 Å². The van der Waals surface area contributed by atoms with Crippen LogP contribution in [0.3, 0.4) is 0 Å². The van der Waals surface area contributed by atoms with E-state index in [1.165, 1.54) is 0 Å². The first-order chi connectivity index (χ1) is 9.04. The fraction of sp³-hybridized carbons (Fsp3) is 0.429. The van der Waals surface area contributed by atoms with E-state index in [0.29, 0.717) is 16.3 Å². The third-order valence-corrected chi connectivity index (χ3v) is 3.79. The molecule has 0 radical (unpaired) electrons. The standard InChI is InChI=1S/C14H15ClN2O2/c15-11-4-3-10(9-16)12(7-11)17-14(8-13(18)19)5-1-2-6-14/h3-4,7,17H,1-2,5-6,8H2,(H,18,19). The van der Waals surface area contributed by atoms with Crippen molar-refractivity contribution in [3.05, 3.63) is 28.8 Å². The van der Waals surface area contributed by atoms with Gasteiger partial charge in [0.05, 0.1) is 17.7 Å². The molecule has 1 aromatic carbocycles. The number of benzene rings is 1. The van der Waals surface area contributed by atoms with Crippen molar-refractivity contribution < 1.29 is 9.90 Å². The van der Waals surface area contributed by atoms with Gasteiger partial charge in [0.25, 0.3) is 0 Å². The maximum atomic E-state index is 11.0. The molecule has 2 rings (SSSR count). The molecule has 0 unspecified atom stereocenters. The summed E-state index contributed by atoms with van der Waals surface area (Å²) < 4.78 is 0. The highest BCUT2D eigenvalue weighted by molar-refractivity contribution is 6.30. The third-order valence-electron chi connectivity index (χ3n) is 3.55. The van der Waals surface area contributed by atoms with Gasteiger partial charge in [0.2, 0.25) is 0 Å². The van der Waals surface area contributed by atoms with Crippen molar-refractivity contribution in [1.82, 2.24) is 0 Å². The molecule has 0 bridgehead atoms. The number of carboxylic acids is 1. The summed E-state index contributed by atoms with van der Waals surface area (Å²) in [5.41, 5.74) is 0.654. The Morgan fingerprint density at radius 3 is 2.74 bits per heavy atom. The van der Waals surface area contributed by atoms with Crippen LogP contribution < -0.4 is 5.32 Å². The van der Waals surface area contributed by atoms with Crippen LogP contribution in [0.25, 0.3) is 0 Å². The van der Waals surface area contributed by atoms with Gasteiger partial charge in [0.1, 0.15) is 6.07 Å². The van der Waals surface area contributed by atoms with Crippen LogP contribution in [0.5, 0.6) is 0 Å². The molecule has 0 aliphatic heterocycles. The van der Waals surface area contributed by atoms with Gasteiger partial charge in [-0.2, -0.15) is 5.26 Å². The minimum atomic E-state index is -0.824. The quantitative estimate of drug-likeness (QED) is 0.885. The molecule has 0 atom stereocenters. The number of hydrogen-bond donors (Lipinski definition) is 2. The molecule has 5 heteroatoms. The van der Waals surface area contributed by atoms with Crippen LogP contribution >= 0.6 is 11.6 Å². The van der Waals surface area contributed by atoms with Crippen molar-refractivity contribution in [3.63, 3.8) is 0 Å². The van der Waals surface area contributed by atoms with E-state index in [1.54, 1.807) is 18.2 Å². The summed E-state index contributed by atoms with van der Waals surface area (Å²) in [7, 11) is 0. The average Bonchev–Trinajstić information content (AvgIpc) is 2.76. The van der Waals surface area contributed by atoms with Crippen molar-refractivity contribution >= 4 is 23.3 Å². The molecule has 2 N–H and O–H groups in total. The van der Waals surface area contributed by atoms with Gasteiger partial charge < -0.3 is 10.4 Å². The van der Waals surface area contributed by atoms with E-state index in [0.717, 1.165) is 25.7 Å². The van der Waals surface area contributed by atoms with E-state index in [2.05, 4.69) is 11.4 Å². The Morgan fingerprint density at radius 2 is 2.16 bits per heavy atom. The molecule has 19 heavy (non-hydrogen) atoms. The van der Waals surface area contributed by atoms with Gasteiger partial charge >= 0.3 is 5.97 Å². The van der Waals surface area contributed by atoms with E-state index < -0.39 is 11.5 Å². The smallest absolute Gasteiger partial charge is 0.305 e. The summed E-state index contributed by atoms with van der Waals surface area (Å²) in [6, 6.07) is 7.08. The van der Waals surface area contributed by atoms with Gasteiger partial charge in [0, 0.05) is 10.6 Å². The SMILES string of the molecule is N#Cc1ccc(Cl)cc1NC1(CC(=O)O)CCCC1. The number of rotatable bonds is 4. The number of nitrogens with one attached hydrogen (secondary N) is 1. The van der Waals surface area contributed by atoms with E-state index in [9.17, 15) is 4.79 Å². The molecule has 1 aromatic rings. The minimum absolute atomic E-state index is 0.0599. The van der Waals surface area contributed by atoms with Gasteiger partial charge in [0.15, 0.2) is 0 Å². The molecule has 0 amide bonds. The Labute approximate surface area is 117 Å². The maximum Gasteiger partial charge on any atom is 0.305 e. The lowest BCUT2D eigenvalue weighted by Crippen LogP contribution is -2.37. The Hall–Kier alpha value is -1.73. The molecule has 1 fully saturated rings. The Morgan fingerprint density at radius 1 is 1.47 bits per heavy atom. The highest BCUT2D eigenvalue weighted by atomic mass is 35.5. The fourth-order valence-corrected chi connectivity index (χ4v) is 2.86. The van der Waals surface area contributed by atoms with Crippen LogP contribution in [-0.2, 0) is 4.79 Å². The minimum Gasteiger partial charge on any atom is -0.481 e. The normalized spacial score (nSPS) is 16.8. The first kappa shape index (κ1) is 13.7. The van der Waals surface area contributed by atoms with Crippen LogP contribution in [0.1, 0.15) is 37.7 Å². The molecule has 1 aliphatic carbocycles. The van der Waals surface area contributed by atoms with Crippen LogP contribution in [0.4, 0.5) is 5.69 Å². The zero-order valence-corrected chi connectivity index (χ0v) is 11.2. The zero-order valence-electron chi connectivity index (χ0n) is 10.4. The molecule has 1 saturated carbocycles. The number of carboxylic acid groups (broad SMARTS) is 1. The molecular weight excluding hydrogens is 264 g/mol. The van der Waals surface area contributed by atoms with Crippen molar-refractivity contribution in [2.75, 3.05) is 5.32 Å². The lowest BCUT2D eigenvalue weighted by atomic mass is 9.92. The van der Waals surface area contributed by atoms with E-state index in [1.807, 2.05) is 0 Å². The molecule has 4 nitrogen and oxygen atoms in total. The number of carbonyl (C=O) groups is 1. The second-order valence-corrected chi connectivity index (χ2v) is 5.42. The lowest BCUT2D eigenvalue weighted by Gasteiger charge is -2.30. The molecule has 0 saturated heterocycles. The predicted molar refractivity (Wildman–Crippen MR) is 73.2 cm³/mol. The first-order valence-corrected chi connectivity index (χ1v) is 6.62. The zero-order chi connectivity index (χ0) is 13.9. The number of nitrogens with zero attached hydrogens (tertiary/aromatic N) is 1. The number of hydrogen-bond acceptors (Lipinski definition) is 3. The van der Waals surface area contributed by atoms with Gasteiger partial charge in [-0.05, 0) is 31.0 Å². The summed E-state index contributed by atoms with van der Waals surface area (Å²) in [5, 5.41) is 22.0. The summed E-state index contributed by atoms with van der Waals surface area (Å²) in [6.07, 6.45) is 3.67. The molecule has 1 aliphatic rings. The van der Waals surface area contributed by atoms with Gasteiger partial charge in [-0.3, -0.25) is 4.79 Å². The third kappa shape index (κ3) is 3.18. The van der Waals surface area contributed by atoms with Crippen molar-refractivity contribution in [1.29, 1.82) is 5.26 Å². The van der Waals surface area contributed by atoms with E-state index >= 15 is 0 Å². The average molecular weight is 279 g/mol. The van der Waals surface area contributed by atoms with Crippen LogP contribution in [-0.4, -0.2) is 16.6 Å². The van der Waals surface area contributed by atoms with Crippen molar-refractivity contribution in [2.24, 2.45) is 0 Å². The first-order valence-electron chi connectivity index (χ1n) is 6.24. The number of anilines is 1. The highest BCUT2D eigenvalue weighted by Gasteiger charge is 2.36. The molecular formula is C14H15ClN2O2. The summed E-state index contributed by atoms with van der Waals surface area (Å²) in [6.45, 7) is 0. The van der Waals surface area contributed by atoms with E-state index in [-0.39, 0.29) is 6.42 Å². The Kier molecular flexibility index (Phi) is 3.96. The lowest BCUT2D eigenvalue weighted by molar-refractivity contribution is -0.138. The second-order valence-electron chi connectivity index (χ2n) is 4.98. The van der Waals surface area contributed by atoms with Crippen molar-refractivity contribution in [2.45, 2.75) is 37.6 Å². The summed E-state index contributed by atoms with van der Waals surface area (Å²) in [5.74, 6) is -0.824. The number of aliphatic carboxylic acids is 1. The van der Waals surface area contributed by atoms with Gasteiger partial charge in [-0.25, -0.2) is 0 Å². The van der Waals surface area contributed by atoms with Crippen LogP contribution in [0.2, 0.25) is 5.02 Å². The summed E-state index contributed by atoms with van der Waals surface area (Å²) in [4.78, 5) is 11.0.